The van der Waals surface area contributed by atoms with Gasteiger partial charge in [-0.05, 0) is 38.8 Å². The number of carbonyl (C=O) groups is 1. The van der Waals surface area contributed by atoms with Crippen LogP contribution in [0.2, 0.25) is 0 Å². The van der Waals surface area contributed by atoms with Crippen molar-refractivity contribution < 1.29 is 14.4 Å². The average molecular weight is 293 g/mol. The maximum atomic E-state index is 12.7. The van der Waals surface area contributed by atoms with Crippen LogP contribution in [0, 0.1) is 12.3 Å². The fraction of sp³-hybridized carbons (Fsp3) is 0.600. The summed E-state index contributed by atoms with van der Waals surface area (Å²) in [5.74, 6) is 1.31. The molecule has 1 atom stereocenters. The molecule has 6 nitrogen and oxygen atoms in total. The van der Waals surface area contributed by atoms with E-state index in [0.717, 1.165) is 25.0 Å². The van der Waals surface area contributed by atoms with Crippen LogP contribution in [0.5, 0.6) is 0 Å². The molecule has 0 radical (unpaired) electrons. The summed E-state index contributed by atoms with van der Waals surface area (Å²) < 4.78 is 5.53. The molecule has 1 amide bonds. The number of hydrogen-bond acceptors (Lipinski definition) is 4. The van der Waals surface area contributed by atoms with Gasteiger partial charge >= 0.3 is 0 Å². The smallest absolute Gasteiger partial charge is 0.234 e. The number of carbonyl (C=O) groups excluding carboxylic acids is 1. The highest BCUT2D eigenvalue weighted by molar-refractivity contribution is 6.06. The van der Waals surface area contributed by atoms with Gasteiger partial charge in [0.1, 0.15) is 16.9 Å². The van der Waals surface area contributed by atoms with Crippen molar-refractivity contribution in [1.29, 1.82) is 0 Å². The van der Waals surface area contributed by atoms with Crippen LogP contribution in [0.25, 0.3) is 0 Å². The average Bonchev–Trinajstić information content (AvgIpc) is 2.93. The van der Waals surface area contributed by atoms with Crippen LogP contribution < -0.4 is 11.1 Å². The van der Waals surface area contributed by atoms with Crippen molar-refractivity contribution in [3.05, 3.63) is 23.7 Å². The van der Waals surface area contributed by atoms with Crippen molar-refractivity contribution in [1.82, 2.24) is 5.32 Å². The maximum Gasteiger partial charge on any atom is 0.234 e. The summed E-state index contributed by atoms with van der Waals surface area (Å²) in [7, 11) is 0. The Kier molecular flexibility index (Phi) is 4.55. The fourth-order valence-corrected chi connectivity index (χ4v) is 2.94. The zero-order chi connectivity index (χ0) is 15.5. The van der Waals surface area contributed by atoms with E-state index in [1.165, 1.54) is 0 Å². The molecule has 2 rings (SSSR count). The number of nitrogens with one attached hydrogen (secondary N) is 1. The number of hydrogen-bond donors (Lipinski definition) is 3. The number of nitrogens with zero attached hydrogens (tertiary/aromatic N) is 1. The molecule has 1 unspecified atom stereocenters. The van der Waals surface area contributed by atoms with Gasteiger partial charge in [-0.15, -0.1) is 0 Å². The Labute approximate surface area is 124 Å². The molecular formula is C15H23N3O3. The number of furan rings is 1. The third-order valence-electron chi connectivity index (χ3n) is 4.28. The minimum absolute atomic E-state index is 0.00234. The van der Waals surface area contributed by atoms with Gasteiger partial charge in [0.15, 0.2) is 5.84 Å². The number of oxime groups is 1. The van der Waals surface area contributed by atoms with Crippen LogP contribution in [0.4, 0.5) is 0 Å². The molecule has 1 aliphatic rings. The van der Waals surface area contributed by atoms with Crippen LogP contribution in [-0.4, -0.2) is 17.0 Å². The lowest BCUT2D eigenvalue weighted by molar-refractivity contribution is -0.129. The zero-order valence-corrected chi connectivity index (χ0v) is 12.6. The molecule has 0 aliphatic heterocycles. The van der Waals surface area contributed by atoms with Gasteiger partial charge in [0.25, 0.3) is 0 Å². The minimum atomic E-state index is -0.900. The summed E-state index contributed by atoms with van der Waals surface area (Å²) in [5, 5.41) is 15.1. The van der Waals surface area contributed by atoms with Crippen molar-refractivity contribution in [2.45, 2.75) is 52.0 Å². The second-order valence-electron chi connectivity index (χ2n) is 5.77. The van der Waals surface area contributed by atoms with Crippen LogP contribution in [0.15, 0.2) is 21.7 Å². The standard InChI is InChI=1S/C15H23N3O3/c1-10-6-7-12(21-10)11(2)17-14(19)15(13(16)18-20)8-4-3-5-9-15/h6-7,11,20H,3-5,8-9H2,1-2H3,(H2,16,18)(H,17,19). The maximum absolute atomic E-state index is 12.7. The first kappa shape index (κ1) is 15.4. The van der Waals surface area contributed by atoms with Gasteiger partial charge in [0.05, 0.1) is 6.04 Å². The Morgan fingerprint density at radius 3 is 2.62 bits per heavy atom. The molecule has 0 bridgehead atoms. The molecule has 0 spiro atoms. The topological polar surface area (TPSA) is 101 Å². The molecule has 0 aromatic carbocycles. The Balaban J connectivity index is 2.15. The number of amidine groups is 1. The molecule has 116 valence electrons. The highest BCUT2D eigenvalue weighted by atomic mass is 16.4. The second kappa shape index (κ2) is 6.20. The molecule has 1 aromatic rings. The third kappa shape index (κ3) is 3.04. The van der Waals surface area contributed by atoms with Gasteiger partial charge in [0.2, 0.25) is 5.91 Å². The van der Waals surface area contributed by atoms with Gasteiger partial charge in [-0.2, -0.15) is 0 Å². The molecule has 1 saturated carbocycles. The second-order valence-corrected chi connectivity index (χ2v) is 5.77. The first-order valence-corrected chi connectivity index (χ1v) is 7.35. The van der Waals surface area contributed by atoms with Crippen molar-refractivity contribution in [2.24, 2.45) is 16.3 Å². The van der Waals surface area contributed by atoms with Crippen LogP contribution in [-0.2, 0) is 4.79 Å². The Bertz CT molecular complexity index is 530. The monoisotopic (exact) mass is 293 g/mol. The van der Waals surface area contributed by atoms with Gasteiger partial charge in [-0.25, -0.2) is 0 Å². The van der Waals surface area contributed by atoms with Crippen molar-refractivity contribution in [3.63, 3.8) is 0 Å². The van der Waals surface area contributed by atoms with E-state index in [4.69, 9.17) is 15.4 Å². The van der Waals surface area contributed by atoms with Crippen LogP contribution in [0.3, 0.4) is 0 Å². The summed E-state index contributed by atoms with van der Waals surface area (Å²) in [4.78, 5) is 12.7. The number of aryl methyl sites for hydroxylation is 1. The van der Waals surface area contributed by atoms with Crippen molar-refractivity contribution >= 4 is 11.7 Å². The zero-order valence-electron chi connectivity index (χ0n) is 12.6. The Morgan fingerprint density at radius 1 is 1.43 bits per heavy atom. The van der Waals surface area contributed by atoms with Crippen LogP contribution >= 0.6 is 0 Å². The molecular weight excluding hydrogens is 270 g/mol. The van der Waals surface area contributed by atoms with Crippen molar-refractivity contribution in [3.8, 4) is 0 Å². The predicted molar refractivity (Wildman–Crippen MR) is 78.9 cm³/mol. The highest BCUT2D eigenvalue weighted by Gasteiger charge is 2.44. The Hall–Kier alpha value is -1.98. The van der Waals surface area contributed by atoms with Crippen LogP contribution in [0.1, 0.15) is 56.6 Å². The van der Waals surface area contributed by atoms with E-state index in [2.05, 4.69) is 10.5 Å². The molecule has 4 N–H and O–H groups in total. The highest BCUT2D eigenvalue weighted by Crippen LogP contribution is 2.37. The molecule has 1 fully saturated rings. The third-order valence-corrected chi connectivity index (χ3v) is 4.28. The van der Waals surface area contributed by atoms with E-state index >= 15 is 0 Å². The first-order valence-electron chi connectivity index (χ1n) is 7.35. The number of nitrogens with two attached hydrogens (primary N) is 1. The quantitative estimate of drug-likeness (QED) is 0.343. The normalized spacial score (nSPS) is 20.0. The Morgan fingerprint density at radius 2 is 2.10 bits per heavy atom. The molecule has 1 heterocycles. The summed E-state index contributed by atoms with van der Waals surface area (Å²) >= 11 is 0. The molecule has 6 heteroatoms. The lowest BCUT2D eigenvalue weighted by Gasteiger charge is -2.35. The SMILES string of the molecule is Cc1ccc(C(C)NC(=O)C2(C(N)=NO)CCCCC2)o1. The van der Waals surface area contributed by atoms with E-state index in [1.807, 2.05) is 26.0 Å². The predicted octanol–water partition coefficient (Wildman–Crippen LogP) is 2.46. The van der Waals surface area contributed by atoms with E-state index in [1.54, 1.807) is 0 Å². The van der Waals surface area contributed by atoms with E-state index in [9.17, 15) is 4.79 Å². The lowest BCUT2D eigenvalue weighted by Crippen LogP contribution is -2.51. The number of rotatable bonds is 4. The molecule has 1 aromatic heterocycles. The summed E-state index contributed by atoms with van der Waals surface area (Å²) in [6.45, 7) is 3.72. The summed E-state index contributed by atoms with van der Waals surface area (Å²) in [6.07, 6.45) is 4.09. The van der Waals surface area contributed by atoms with Gasteiger partial charge in [-0.1, -0.05) is 24.4 Å². The van der Waals surface area contributed by atoms with Gasteiger partial charge in [0, 0.05) is 0 Å². The minimum Gasteiger partial charge on any atom is -0.464 e. The molecule has 0 saturated heterocycles. The fourth-order valence-electron chi connectivity index (χ4n) is 2.94. The lowest BCUT2D eigenvalue weighted by atomic mass is 9.72. The van der Waals surface area contributed by atoms with Gasteiger partial charge in [-0.3, -0.25) is 4.79 Å². The largest absolute Gasteiger partial charge is 0.464 e. The molecule has 21 heavy (non-hydrogen) atoms. The summed E-state index contributed by atoms with van der Waals surface area (Å²) in [6, 6.07) is 3.45. The van der Waals surface area contributed by atoms with E-state index < -0.39 is 5.41 Å². The van der Waals surface area contributed by atoms with Crippen molar-refractivity contribution in [2.75, 3.05) is 0 Å². The number of amides is 1. The van der Waals surface area contributed by atoms with E-state index in [-0.39, 0.29) is 17.8 Å². The van der Waals surface area contributed by atoms with E-state index in [0.29, 0.717) is 18.6 Å². The van der Waals surface area contributed by atoms with Gasteiger partial charge < -0.3 is 20.7 Å². The molecule has 1 aliphatic carbocycles. The summed E-state index contributed by atoms with van der Waals surface area (Å²) in [5.41, 5.74) is 4.92. The first-order chi connectivity index (χ1) is 9.99.